The number of halogens is 2. The first kappa shape index (κ1) is 22.9. The van der Waals surface area contributed by atoms with E-state index in [0.29, 0.717) is 35.4 Å². The molecule has 0 saturated carbocycles. The number of benzene rings is 2. The molecular weight excluding hydrogens is 460 g/mol. The number of likely N-dealkylation sites (tertiary alicyclic amines) is 1. The van der Waals surface area contributed by atoms with Crippen LogP contribution in [0.15, 0.2) is 36.4 Å². The van der Waals surface area contributed by atoms with Crippen LogP contribution in [0.2, 0.25) is 10.0 Å². The van der Waals surface area contributed by atoms with Crippen LogP contribution in [-0.4, -0.2) is 47.1 Å². The Hall–Kier alpha value is -1.27. The first-order chi connectivity index (χ1) is 14.8. The van der Waals surface area contributed by atoms with Gasteiger partial charge in [0, 0.05) is 32.7 Å². The van der Waals surface area contributed by atoms with Gasteiger partial charge in [-0.2, -0.15) is 0 Å². The lowest BCUT2D eigenvalue weighted by Crippen LogP contribution is -2.44. The molecular formula is C22H26Cl2NO5P. The van der Waals surface area contributed by atoms with Crippen LogP contribution < -0.4 is 9.47 Å². The van der Waals surface area contributed by atoms with Crippen LogP contribution in [0.3, 0.4) is 0 Å². The Labute approximate surface area is 192 Å². The van der Waals surface area contributed by atoms with Gasteiger partial charge in [-0.1, -0.05) is 35.3 Å². The molecule has 0 aromatic heterocycles. The van der Waals surface area contributed by atoms with Gasteiger partial charge in [0.1, 0.15) is 18.1 Å². The molecule has 6 nitrogen and oxygen atoms in total. The Morgan fingerprint density at radius 1 is 1.13 bits per heavy atom. The van der Waals surface area contributed by atoms with E-state index >= 15 is 0 Å². The topological polar surface area (TPSA) is 79.2 Å². The van der Waals surface area contributed by atoms with Gasteiger partial charge in [0.25, 0.3) is 0 Å². The number of hydrogen-bond acceptors (Lipinski definition) is 4. The molecule has 168 valence electrons. The van der Waals surface area contributed by atoms with Crippen molar-refractivity contribution in [3.8, 4) is 11.5 Å². The van der Waals surface area contributed by atoms with Crippen LogP contribution in [0.5, 0.6) is 11.5 Å². The van der Waals surface area contributed by atoms with Crippen molar-refractivity contribution in [1.82, 2.24) is 4.90 Å². The molecule has 2 N–H and O–H groups in total. The third-order valence-electron chi connectivity index (χ3n) is 6.21. The van der Waals surface area contributed by atoms with Crippen molar-refractivity contribution in [3.63, 3.8) is 0 Å². The summed E-state index contributed by atoms with van der Waals surface area (Å²) in [5.74, 6) is 1.57. The molecule has 0 bridgehead atoms. The maximum absolute atomic E-state index is 11.0. The Morgan fingerprint density at radius 3 is 2.52 bits per heavy atom. The highest BCUT2D eigenvalue weighted by Gasteiger charge is 2.43. The average Bonchev–Trinajstić information content (AvgIpc) is 3.06. The van der Waals surface area contributed by atoms with Gasteiger partial charge in [-0.3, -0.25) is 4.57 Å². The second kappa shape index (κ2) is 9.30. The van der Waals surface area contributed by atoms with Crippen LogP contribution >= 0.6 is 30.8 Å². The molecule has 2 aliphatic rings. The average molecular weight is 486 g/mol. The SMILES string of the molecule is O=P(O)(O)CCCN1CCC2(CC1)COc1cc(OCc3c(Cl)cccc3Cl)ccc12. The minimum atomic E-state index is -3.91. The van der Waals surface area contributed by atoms with Crippen LogP contribution in [0.4, 0.5) is 0 Å². The standard InChI is InChI=1S/C22H26Cl2NO5P/c23-19-3-1-4-20(24)17(19)14-29-16-5-6-18-21(13-16)30-15-22(18)7-10-25(11-8-22)9-2-12-31(26,27)28/h1,3-6,13H,2,7-12,14-15H2,(H2,26,27,28). The van der Waals surface area contributed by atoms with Gasteiger partial charge in [0.15, 0.2) is 0 Å². The molecule has 0 atom stereocenters. The quantitative estimate of drug-likeness (QED) is 0.544. The summed E-state index contributed by atoms with van der Waals surface area (Å²) >= 11 is 12.4. The Morgan fingerprint density at radius 2 is 1.84 bits per heavy atom. The number of rotatable bonds is 7. The zero-order chi connectivity index (χ0) is 22.1. The van der Waals surface area contributed by atoms with Gasteiger partial charge in [0.2, 0.25) is 0 Å². The molecule has 31 heavy (non-hydrogen) atoms. The Balaban J connectivity index is 1.36. The number of ether oxygens (including phenoxy) is 2. The molecule has 2 heterocycles. The van der Waals surface area contributed by atoms with E-state index in [1.807, 2.05) is 12.1 Å². The highest BCUT2D eigenvalue weighted by atomic mass is 35.5. The van der Waals surface area contributed by atoms with E-state index < -0.39 is 7.60 Å². The monoisotopic (exact) mass is 485 g/mol. The van der Waals surface area contributed by atoms with Gasteiger partial charge in [-0.25, -0.2) is 0 Å². The van der Waals surface area contributed by atoms with Crippen molar-refractivity contribution in [2.45, 2.75) is 31.3 Å². The number of nitrogens with zero attached hydrogens (tertiary/aromatic N) is 1. The third kappa shape index (κ3) is 5.39. The Kier molecular flexibility index (Phi) is 6.87. The summed E-state index contributed by atoms with van der Waals surface area (Å²) in [6, 6.07) is 11.4. The highest BCUT2D eigenvalue weighted by molar-refractivity contribution is 7.51. The lowest BCUT2D eigenvalue weighted by molar-refractivity contribution is 0.135. The van der Waals surface area contributed by atoms with E-state index in [0.717, 1.165) is 37.2 Å². The fourth-order valence-electron chi connectivity index (χ4n) is 4.39. The molecule has 2 aliphatic heterocycles. The second-order valence-corrected chi connectivity index (χ2v) is 10.9. The summed E-state index contributed by atoms with van der Waals surface area (Å²) in [4.78, 5) is 20.3. The summed E-state index contributed by atoms with van der Waals surface area (Å²) in [5, 5.41) is 1.16. The summed E-state index contributed by atoms with van der Waals surface area (Å²) in [6.07, 6.45) is 2.39. The summed E-state index contributed by atoms with van der Waals surface area (Å²) in [5.41, 5.74) is 1.97. The van der Waals surface area contributed by atoms with Crippen molar-refractivity contribution in [1.29, 1.82) is 0 Å². The molecule has 4 rings (SSSR count). The molecule has 1 saturated heterocycles. The van der Waals surface area contributed by atoms with E-state index in [4.69, 9.17) is 42.5 Å². The lowest BCUT2D eigenvalue weighted by Gasteiger charge is -2.38. The maximum Gasteiger partial charge on any atom is 0.325 e. The van der Waals surface area contributed by atoms with Crippen molar-refractivity contribution < 1.29 is 23.8 Å². The molecule has 0 amide bonds. The molecule has 0 radical (unpaired) electrons. The minimum Gasteiger partial charge on any atom is -0.492 e. The van der Waals surface area contributed by atoms with E-state index in [2.05, 4.69) is 11.0 Å². The molecule has 1 spiro atoms. The first-order valence-electron chi connectivity index (χ1n) is 10.4. The van der Waals surface area contributed by atoms with Crippen molar-refractivity contribution >= 4 is 30.8 Å². The summed E-state index contributed by atoms with van der Waals surface area (Å²) in [6.45, 7) is 3.44. The van der Waals surface area contributed by atoms with Gasteiger partial charge in [0.05, 0.1) is 12.8 Å². The number of hydrogen-bond donors (Lipinski definition) is 2. The molecule has 9 heteroatoms. The molecule has 2 aromatic rings. The van der Waals surface area contributed by atoms with E-state index in [1.54, 1.807) is 18.2 Å². The van der Waals surface area contributed by atoms with Gasteiger partial charge in [-0.05, 0) is 57.1 Å². The largest absolute Gasteiger partial charge is 0.492 e. The summed E-state index contributed by atoms with van der Waals surface area (Å²) < 4.78 is 23.0. The van der Waals surface area contributed by atoms with Crippen LogP contribution in [0, 0.1) is 0 Å². The van der Waals surface area contributed by atoms with E-state index in [-0.39, 0.29) is 18.2 Å². The molecule has 0 aliphatic carbocycles. The van der Waals surface area contributed by atoms with Crippen LogP contribution in [0.25, 0.3) is 0 Å². The number of fused-ring (bicyclic) bond motifs is 2. The first-order valence-corrected chi connectivity index (χ1v) is 12.9. The molecule has 0 unspecified atom stereocenters. The number of piperidine rings is 1. The van der Waals surface area contributed by atoms with Crippen molar-refractivity contribution in [2.24, 2.45) is 0 Å². The zero-order valence-electron chi connectivity index (χ0n) is 17.1. The van der Waals surface area contributed by atoms with Gasteiger partial charge >= 0.3 is 7.60 Å². The second-order valence-electron chi connectivity index (χ2n) is 8.30. The highest BCUT2D eigenvalue weighted by Crippen LogP contribution is 2.47. The van der Waals surface area contributed by atoms with E-state index in [9.17, 15) is 4.57 Å². The predicted octanol–water partition coefficient (Wildman–Crippen LogP) is 4.87. The van der Waals surface area contributed by atoms with Crippen molar-refractivity contribution in [2.75, 3.05) is 32.4 Å². The van der Waals surface area contributed by atoms with Crippen molar-refractivity contribution in [3.05, 3.63) is 57.6 Å². The predicted molar refractivity (Wildman–Crippen MR) is 122 cm³/mol. The van der Waals surface area contributed by atoms with Gasteiger partial charge in [-0.15, -0.1) is 0 Å². The van der Waals surface area contributed by atoms with E-state index in [1.165, 1.54) is 5.56 Å². The Bertz CT molecular complexity index is 968. The van der Waals surface area contributed by atoms with Crippen LogP contribution in [-0.2, 0) is 16.6 Å². The molecule has 1 fully saturated rings. The third-order valence-corrected chi connectivity index (χ3v) is 7.82. The smallest absolute Gasteiger partial charge is 0.325 e. The maximum atomic E-state index is 11.0. The molecule has 2 aromatic carbocycles. The van der Waals surface area contributed by atoms with Gasteiger partial charge < -0.3 is 24.2 Å². The zero-order valence-corrected chi connectivity index (χ0v) is 19.5. The van der Waals surface area contributed by atoms with Crippen LogP contribution in [0.1, 0.15) is 30.4 Å². The fraction of sp³-hybridized carbons (Fsp3) is 0.455. The summed E-state index contributed by atoms with van der Waals surface area (Å²) in [7, 11) is -3.91. The normalized spacial score (nSPS) is 18.1. The lowest BCUT2D eigenvalue weighted by atomic mass is 9.74. The minimum absolute atomic E-state index is 0.000338. The fourth-order valence-corrected chi connectivity index (χ4v) is 5.45.